The molecule has 3 N–H and O–H groups in total. The summed E-state index contributed by atoms with van der Waals surface area (Å²) in [6.45, 7) is 0. The molecule has 0 saturated heterocycles. The fourth-order valence-electron chi connectivity index (χ4n) is 1.92. The molecule has 2 rings (SSSR count). The molecule has 0 fully saturated rings. The summed E-state index contributed by atoms with van der Waals surface area (Å²) in [6.07, 6.45) is -0.327. The fraction of sp³-hybridized carbons (Fsp3) is 0.176. The summed E-state index contributed by atoms with van der Waals surface area (Å²) >= 11 is 0. The van der Waals surface area contributed by atoms with Crippen LogP contribution in [-0.2, 0) is 0 Å². The van der Waals surface area contributed by atoms with Gasteiger partial charge in [0.05, 0.1) is 0 Å². The zero-order chi connectivity index (χ0) is 14.4. The van der Waals surface area contributed by atoms with Crippen LogP contribution in [0.4, 0.5) is 0 Å². The molecule has 3 nitrogen and oxygen atoms in total. The molecule has 0 aliphatic rings. The molecule has 2 aromatic carbocycles. The average molecular weight is 270 g/mol. The molecule has 0 aliphatic heterocycles. The molecular weight excluding hydrogens is 252 g/mol. The minimum Gasteiger partial charge on any atom is -0.387 e. The Labute approximate surface area is 118 Å². The standard InChI is InChI=1S/C17H18O3/c18-15(12-11-13-7-3-1-4-8-13)17(20)16(19)14-9-5-2-6-10-14/h1-12,15-20H/b12-11+/t15-,16-,17-/m0/s1. The van der Waals surface area contributed by atoms with Gasteiger partial charge in [0.1, 0.15) is 18.3 Å². The van der Waals surface area contributed by atoms with Gasteiger partial charge in [-0.25, -0.2) is 0 Å². The van der Waals surface area contributed by atoms with E-state index in [1.54, 1.807) is 30.3 Å². The first-order chi connectivity index (χ1) is 9.68. The maximum absolute atomic E-state index is 10.0. The second-order valence-electron chi connectivity index (χ2n) is 4.61. The Morgan fingerprint density at radius 1 is 0.750 bits per heavy atom. The third-order valence-electron chi connectivity index (χ3n) is 3.10. The summed E-state index contributed by atoms with van der Waals surface area (Å²) in [5.41, 5.74) is 1.50. The molecule has 0 unspecified atom stereocenters. The van der Waals surface area contributed by atoms with E-state index in [1.807, 2.05) is 36.4 Å². The number of aliphatic hydroxyl groups excluding tert-OH is 3. The van der Waals surface area contributed by atoms with Crippen LogP contribution in [0, 0.1) is 0 Å². The van der Waals surface area contributed by atoms with E-state index >= 15 is 0 Å². The van der Waals surface area contributed by atoms with Crippen LogP contribution in [-0.4, -0.2) is 27.5 Å². The van der Waals surface area contributed by atoms with Crippen molar-refractivity contribution in [2.45, 2.75) is 18.3 Å². The Balaban J connectivity index is 2.02. The van der Waals surface area contributed by atoms with E-state index in [0.717, 1.165) is 5.56 Å². The number of hydrogen-bond acceptors (Lipinski definition) is 3. The number of benzene rings is 2. The zero-order valence-electron chi connectivity index (χ0n) is 11.0. The summed E-state index contributed by atoms with van der Waals surface area (Å²) < 4.78 is 0. The molecule has 0 aliphatic carbocycles. The molecule has 0 aromatic heterocycles. The van der Waals surface area contributed by atoms with Gasteiger partial charge in [-0.1, -0.05) is 72.8 Å². The molecule has 2 aromatic rings. The van der Waals surface area contributed by atoms with Gasteiger partial charge in [-0.15, -0.1) is 0 Å². The largest absolute Gasteiger partial charge is 0.387 e. The van der Waals surface area contributed by atoms with E-state index in [2.05, 4.69) is 0 Å². The van der Waals surface area contributed by atoms with E-state index < -0.39 is 18.3 Å². The minimum absolute atomic E-state index is 0.576. The van der Waals surface area contributed by atoms with Gasteiger partial charge >= 0.3 is 0 Å². The smallest absolute Gasteiger partial charge is 0.113 e. The summed E-state index contributed by atoms with van der Waals surface area (Å²) in [5, 5.41) is 29.9. The monoisotopic (exact) mass is 270 g/mol. The normalized spacial score (nSPS) is 15.9. The van der Waals surface area contributed by atoms with Crippen molar-refractivity contribution < 1.29 is 15.3 Å². The van der Waals surface area contributed by atoms with Crippen molar-refractivity contribution >= 4 is 6.08 Å². The number of aliphatic hydroxyl groups is 3. The van der Waals surface area contributed by atoms with Crippen LogP contribution < -0.4 is 0 Å². The highest BCUT2D eigenvalue weighted by molar-refractivity contribution is 5.49. The van der Waals surface area contributed by atoms with Crippen LogP contribution in [0.5, 0.6) is 0 Å². The predicted molar refractivity (Wildman–Crippen MR) is 78.9 cm³/mol. The Hall–Kier alpha value is -1.94. The molecule has 3 heteroatoms. The highest BCUT2D eigenvalue weighted by Gasteiger charge is 2.23. The maximum atomic E-state index is 10.0. The fourth-order valence-corrected chi connectivity index (χ4v) is 1.92. The van der Waals surface area contributed by atoms with Crippen LogP contribution >= 0.6 is 0 Å². The molecule has 0 heterocycles. The van der Waals surface area contributed by atoms with Crippen molar-refractivity contribution in [2.75, 3.05) is 0 Å². The second kappa shape index (κ2) is 7.01. The van der Waals surface area contributed by atoms with Gasteiger partial charge in [0, 0.05) is 0 Å². The molecule has 0 radical (unpaired) electrons. The molecule has 0 spiro atoms. The minimum atomic E-state index is -1.27. The van der Waals surface area contributed by atoms with Gasteiger partial charge < -0.3 is 15.3 Å². The van der Waals surface area contributed by atoms with Crippen LogP contribution in [0.1, 0.15) is 17.2 Å². The lowest BCUT2D eigenvalue weighted by atomic mass is 10.00. The van der Waals surface area contributed by atoms with E-state index in [1.165, 1.54) is 6.08 Å². The molecular formula is C17H18O3. The van der Waals surface area contributed by atoms with Crippen LogP contribution in [0.2, 0.25) is 0 Å². The average Bonchev–Trinajstić information content (AvgIpc) is 2.53. The molecule has 20 heavy (non-hydrogen) atoms. The molecule has 3 atom stereocenters. The Morgan fingerprint density at radius 2 is 1.30 bits per heavy atom. The SMILES string of the molecule is O[C@@H]([C@@H](O)/C=C/c1ccccc1)[C@@H](O)c1ccccc1. The molecule has 0 saturated carbocycles. The van der Waals surface area contributed by atoms with E-state index in [-0.39, 0.29) is 0 Å². The van der Waals surface area contributed by atoms with Crippen molar-refractivity contribution in [1.82, 2.24) is 0 Å². The van der Waals surface area contributed by atoms with E-state index in [0.29, 0.717) is 5.56 Å². The zero-order valence-corrected chi connectivity index (χ0v) is 11.0. The third-order valence-corrected chi connectivity index (χ3v) is 3.10. The highest BCUT2D eigenvalue weighted by Crippen LogP contribution is 2.19. The number of rotatable bonds is 5. The third kappa shape index (κ3) is 3.78. The van der Waals surface area contributed by atoms with Crippen molar-refractivity contribution in [3.63, 3.8) is 0 Å². The van der Waals surface area contributed by atoms with E-state index in [9.17, 15) is 15.3 Å². The predicted octanol–water partition coefficient (Wildman–Crippen LogP) is 2.16. The molecule has 0 amide bonds. The van der Waals surface area contributed by atoms with Crippen molar-refractivity contribution in [3.8, 4) is 0 Å². The lowest BCUT2D eigenvalue weighted by Crippen LogP contribution is -2.30. The van der Waals surface area contributed by atoms with Gasteiger partial charge in [-0.05, 0) is 11.1 Å². The van der Waals surface area contributed by atoms with Crippen LogP contribution in [0.15, 0.2) is 66.7 Å². The summed E-state index contributed by atoms with van der Waals surface area (Å²) in [6, 6.07) is 18.3. The number of hydrogen-bond donors (Lipinski definition) is 3. The van der Waals surface area contributed by atoms with Gasteiger partial charge in [-0.2, -0.15) is 0 Å². The first kappa shape index (κ1) is 14.5. The van der Waals surface area contributed by atoms with E-state index in [4.69, 9.17) is 0 Å². The van der Waals surface area contributed by atoms with Crippen LogP contribution in [0.25, 0.3) is 6.08 Å². The summed E-state index contributed by atoms with van der Waals surface area (Å²) in [7, 11) is 0. The highest BCUT2D eigenvalue weighted by atomic mass is 16.4. The molecule has 104 valence electrons. The van der Waals surface area contributed by atoms with Gasteiger partial charge in [-0.3, -0.25) is 0 Å². The Morgan fingerprint density at radius 3 is 1.90 bits per heavy atom. The first-order valence-electron chi connectivity index (χ1n) is 6.51. The lowest BCUT2D eigenvalue weighted by Gasteiger charge is -2.21. The first-order valence-corrected chi connectivity index (χ1v) is 6.51. The van der Waals surface area contributed by atoms with Gasteiger partial charge in [0.25, 0.3) is 0 Å². The second-order valence-corrected chi connectivity index (χ2v) is 4.61. The summed E-state index contributed by atoms with van der Waals surface area (Å²) in [5.74, 6) is 0. The lowest BCUT2D eigenvalue weighted by molar-refractivity contribution is -0.0423. The van der Waals surface area contributed by atoms with Gasteiger partial charge in [0.15, 0.2) is 0 Å². The Kier molecular flexibility index (Phi) is 5.07. The van der Waals surface area contributed by atoms with Crippen molar-refractivity contribution in [3.05, 3.63) is 77.9 Å². The summed E-state index contributed by atoms with van der Waals surface area (Å²) in [4.78, 5) is 0. The van der Waals surface area contributed by atoms with Crippen molar-refractivity contribution in [2.24, 2.45) is 0 Å². The van der Waals surface area contributed by atoms with Crippen LogP contribution in [0.3, 0.4) is 0 Å². The Bertz CT molecular complexity index is 537. The maximum Gasteiger partial charge on any atom is 0.113 e. The topological polar surface area (TPSA) is 60.7 Å². The van der Waals surface area contributed by atoms with Crippen molar-refractivity contribution in [1.29, 1.82) is 0 Å². The van der Waals surface area contributed by atoms with Gasteiger partial charge in [0.2, 0.25) is 0 Å². The molecule has 0 bridgehead atoms. The quantitative estimate of drug-likeness (QED) is 0.780.